The molecule has 0 amide bonds. The van der Waals surface area contributed by atoms with Crippen LogP contribution in [0, 0.1) is 0 Å². The van der Waals surface area contributed by atoms with E-state index in [2.05, 4.69) is 20.1 Å². The fourth-order valence-corrected chi connectivity index (χ4v) is 8.20. The van der Waals surface area contributed by atoms with Gasteiger partial charge in [0.15, 0.2) is 5.50 Å². The molecule has 0 fully saturated rings. The quantitative estimate of drug-likeness (QED) is 0.368. The Balaban J connectivity index is 3.49. The van der Waals surface area contributed by atoms with E-state index < -0.39 is 28.5 Å². The average Bonchev–Trinajstić information content (AvgIpc) is 2.13. The van der Waals surface area contributed by atoms with Crippen LogP contribution in [0.25, 0.3) is 0 Å². The molecule has 0 saturated carbocycles. The molecule has 0 spiro atoms. The Labute approximate surface area is 103 Å². The molecule has 5 nitrogen and oxygen atoms in total. The first kappa shape index (κ1) is 16.0. The van der Waals surface area contributed by atoms with Crippen LogP contribution >= 0.6 is 23.0 Å². The van der Waals surface area contributed by atoms with Gasteiger partial charge in [-0.1, -0.05) is 6.58 Å². The van der Waals surface area contributed by atoms with Crippen LogP contribution in [-0.2, 0) is 4.74 Å². The third-order valence-corrected chi connectivity index (χ3v) is 9.04. The highest BCUT2D eigenvalue weighted by Gasteiger charge is 2.42. The Kier molecular flexibility index (Phi) is 4.54. The summed E-state index contributed by atoms with van der Waals surface area (Å²) < 4.78 is 69.1. The van der Waals surface area contributed by atoms with Gasteiger partial charge in [0.05, 0.1) is 6.61 Å². The molecule has 2 atom stereocenters. The first-order valence-electron chi connectivity index (χ1n) is 4.75. The molecule has 0 aromatic carbocycles. The zero-order chi connectivity index (χ0) is 14.2. The Hall–Kier alpha value is -0.0900. The van der Waals surface area contributed by atoms with E-state index in [1.165, 1.54) is 21.0 Å². The molecule has 0 N–H and O–H groups in total. The second kappa shape index (κ2) is 5.12. The van der Waals surface area contributed by atoms with Crippen molar-refractivity contribution >= 4 is 23.0 Å². The SMILES string of the molecule is C=C(OCC)P1(F)=NP(F)(F)=NP(F)(N(C)C)=N1. The van der Waals surface area contributed by atoms with Crippen molar-refractivity contribution in [1.82, 2.24) is 4.67 Å². The highest BCUT2D eigenvalue weighted by atomic mass is 31.3. The third-order valence-electron chi connectivity index (χ3n) is 1.82. The topological polar surface area (TPSA) is 49.6 Å². The highest BCUT2D eigenvalue weighted by Crippen LogP contribution is 2.83. The van der Waals surface area contributed by atoms with Crippen LogP contribution in [0.15, 0.2) is 25.6 Å². The molecule has 1 aliphatic rings. The molecule has 0 radical (unpaired) electrons. The number of ether oxygens (including phenoxy) is 1. The van der Waals surface area contributed by atoms with Crippen molar-refractivity contribution in [1.29, 1.82) is 0 Å². The monoisotopic (exact) mass is 326 g/mol. The van der Waals surface area contributed by atoms with Crippen molar-refractivity contribution in [2.75, 3.05) is 20.7 Å². The van der Waals surface area contributed by atoms with E-state index in [9.17, 15) is 16.8 Å². The summed E-state index contributed by atoms with van der Waals surface area (Å²) in [4.78, 5) is 0. The van der Waals surface area contributed by atoms with Crippen molar-refractivity contribution in [2.24, 2.45) is 13.5 Å². The summed E-state index contributed by atoms with van der Waals surface area (Å²) in [6, 6.07) is 0. The smallest absolute Gasteiger partial charge is 0.422 e. The molecule has 0 aromatic rings. The Morgan fingerprint density at radius 3 is 2.17 bits per heavy atom. The maximum absolute atomic E-state index is 14.3. The average molecular weight is 326 g/mol. The van der Waals surface area contributed by atoms with E-state index in [0.29, 0.717) is 0 Å². The minimum absolute atomic E-state index is 0.0103. The molecule has 12 heteroatoms. The van der Waals surface area contributed by atoms with Crippen molar-refractivity contribution in [2.45, 2.75) is 6.92 Å². The summed E-state index contributed by atoms with van der Waals surface area (Å²) >= 11 is 0. The van der Waals surface area contributed by atoms with E-state index in [1.54, 1.807) is 0 Å². The standard InChI is InChI=1S/C6H13F4N4OP3/c1-5-15-6(2)16(7)11-17(8,9)13-18(10,12-16)14(3)4/h2,5H2,1,3-4H3. The Morgan fingerprint density at radius 1 is 1.17 bits per heavy atom. The van der Waals surface area contributed by atoms with Gasteiger partial charge in [0.1, 0.15) is 0 Å². The summed E-state index contributed by atoms with van der Waals surface area (Å²) in [5.74, 6) is 0. The Morgan fingerprint density at radius 2 is 1.72 bits per heavy atom. The lowest BCUT2D eigenvalue weighted by atomic mass is 10.9. The first-order chi connectivity index (χ1) is 8.05. The van der Waals surface area contributed by atoms with E-state index >= 15 is 0 Å². The van der Waals surface area contributed by atoms with Crippen molar-refractivity contribution in [3.8, 4) is 0 Å². The zero-order valence-corrected chi connectivity index (χ0v) is 12.6. The summed E-state index contributed by atoms with van der Waals surface area (Å²) in [5.41, 5.74) is -0.650. The van der Waals surface area contributed by atoms with Gasteiger partial charge in [0.25, 0.3) is 0 Å². The minimum atomic E-state index is -5.39. The number of hydrogen-bond donors (Lipinski definition) is 0. The lowest BCUT2D eigenvalue weighted by molar-refractivity contribution is 0.254. The van der Waals surface area contributed by atoms with Crippen LogP contribution in [-0.4, -0.2) is 25.4 Å². The van der Waals surface area contributed by atoms with Crippen LogP contribution < -0.4 is 0 Å². The minimum Gasteiger partial charge on any atom is -0.488 e. The van der Waals surface area contributed by atoms with Gasteiger partial charge in [-0.05, 0) is 21.0 Å². The molecule has 0 aromatic heterocycles. The second-order valence-electron chi connectivity index (χ2n) is 3.42. The van der Waals surface area contributed by atoms with Gasteiger partial charge >= 0.3 is 23.0 Å². The fraction of sp³-hybridized carbons (Fsp3) is 0.667. The van der Waals surface area contributed by atoms with E-state index in [0.717, 1.165) is 4.67 Å². The van der Waals surface area contributed by atoms with Crippen LogP contribution in [0.2, 0.25) is 0 Å². The molecule has 0 saturated heterocycles. The van der Waals surface area contributed by atoms with E-state index in [4.69, 9.17) is 4.74 Å². The van der Waals surface area contributed by atoms with Crippen LogP contribution in [0.4, 0.5) is 16.8 Å². The van der Waals surface area contributed by atoms with Crippen molar-refractivity contribution < 1.29 is 21.5 Å². The summed E-state index contributed by atoms with van der Waals surface area (Å²) in [5, 5.41) is 0. The van der Waals surface area contributed by atoms with Crippen LogP contribution in [0.1, 0.15) is 6.92 Å². The molecule has 18 heavy (non-hydrogen) atoms. The number of hydrogen-bond acceptors (Lipinski definition) is 5. The fourth-order valence-electron chi connectivity index (χ4n) is 0.993. The Bertz CT molecular complexity index is 525. The number of rotatable bonds is 4. The first-order valence-corrected chi connectivity index (χ1v) is 9.35. The molecule has 2 unspecified atom stereocenters. The molecule has 1 heterocycles. The summed E-state index contributed by atoms with van der Waals surface area (Å²) in [6.07, 6.45) is 0. The maximum Gasteiger partial charge on any atom is 0.422 e. The van der Waals surface area contributed by atoms with Gasteiger partial charge in [0, 0.05) is 0 Å². The molecular weight excluding hydrogens is 313 g/mol. The molecular formula is C6H13F4N4OP3. The van der Waals surface area contributed by atoms with Crippen LogP contribution in [0.3, 0.4) is 0 Å². The summed E-state index contributed by atoms with van der Waals surface area (Å²) in [7, 11) is -12.1. The van der Waals surface area contributed by atoms with Crippen molar-refractivity contribution in [3.05, 3.63) is 12.1 Å². The van der Waals surface area contributed by atoms with Crippen LogP contribution in [0.5, 0.6) is 0 Å². The largest absolute Gasteiger partial charge is 0.488 e. The van der Waals surface area contributed by atoms with Gasteiger partial charge in [-0.15, -0.1) is 17.4 Å². The maximum atomic E-state index is 14.3. The third kappa shape index (κ3) is 3.27. The zero-order valence-electron chi connectivity index (χ0n) is 9.96. The normalized spacial score (nSPS) is 34.2. The van der Waals surface area contributed by atoms with Gasteiger partial charge in [-0.2, -0.15) is 12.9 Å². The molecule has 1 rings (SSSR count). The van der Waals surface area contributed by atoms with Gasteiger partial charge in [-0.3, -0.25) is 0 Å². The molecule has 106 valence electrons. The summed E-state index contributed by atoms with van der Waals surface area (Å²) in [6.45, 7) is 4.70. The highest BCUT2D eigenvalue weighted by molar-refractivity contribution is 7.81. The lowest BCUT2D eigenvalue weighted by Gasteiger charge is -2.25. The lowest BCUT2D eigenvalue weighted by Crippen LogP contribution is -2.04. The van der Waals surface area contributed by atoms with Gasteiger partial charge in [-0.25, -0.2) is 4.67 Å². The van der Waals surface area contributed by atoms with E-state index in [1.807, 2.05) is 0 Å². The van der Waals surface area contributed by atoms with Gasteiger partial charge < -0.3 is 4.74 Å². The second-order valence-corrected chi connectivity index (χ2v) is 9.82. The van der Waals surface area contributed by atoms with E-state index in [-0.39, 0.29) is 6.61 Å². The predicted octanol–water partition coefficient (Wildman–Crippen LogP) is 5.87. The number of nitrogens with zero attached hydrogens (tertiary/aromatic N) is 4. The predicted molar refractivity (Wildman–Crippen MR) is 66.9 cm³/mol. The van der Waals surface area contributed by atoms with Crippen molar-refractivity contribution in [3.63, 3.8) is 0 Å². The van der Waals surface area contributed by atoms with Gasteiger partial charge in [0.2, 0.25) is 0 Å². The molecule has 1 aliphatic heterocycles. The number of halogens is 4. The molecule has 0 aliphatic carbocycles. The molecule has 0 bridgehead atoms.